The fourth-order valence-electron chi connectivity index (χ4n) is 2.48. The molecule has 0 aliphatic carbocycles. The molecule has 11 heteroatoms. The first-order chi connectivity index (χ1) is 15.1. The van der Waals surface area contributed by atoms with Crippen molar-refractivity contribution in [1.29, 1.82) is 0 Å². The maximum atomic E-state index is 11.7. The minimum Gasteiger partial charge on any atom is -0.379 e. The third-order valence-electron chi connectivity index (χ3n) is 4.17. The summed E-state index contributed by atoms with van der Waals surface area (Å²) in [5.74, 6) is -0.0893. The summed E-state index contributed by atoms with van der Waals surface area (Å²) in [6.07, 6.45) is 3.61. The molecule has 8 N–H and O–H groups in total. The van der Waals surface area contributed by atoms with Crippen LogP contribution in [0.4, 0.5) is 4.79 Å². The number of nitrogens with two attached hydrogens (primary N) is 1. The molecule has 4 amide bonds. The lowest BCUT2D eigenvalue weighted by Gasteiger charge is -2.09. The van der Waals surface area contributed by atoms with Gasteiger partial charge in [-0.15, -0.1) is 0 Å². The molecule has 0 spiro atoms. The second-order valence-corrected chi connectivity index (χ2v) is 6.95. The summed E-state index contributed by atoms with van der Waals surface area (Å²) in [4.78, 5) is 34.7. The Hall–Kier alpha value is -1.95. The van der Waals surface area contributed by atoms with Crippen molar-refractivity contribution in [1.82, 2.24) is 31.9 Å². The van der Waals surface area contributed by atoms with E-state index in [0.717, 1.165) is 32.5 Å². The summed E-state index contributed by atoms with van der Waals surface area (Å²) in [5, 5.41) is 17.4. The lowest BCUT2D eigenvalue weighted by Crippen LogP contribution is -2.39. The first-order valence-corrected chi connectivity index (χ1v) is 11.3. The fraction of sp³-hybridized carbons (Fsp3) is 0.850. The lowest BCUT2D eigenvalue weighted by atomic mass is 10.3. The minimum absolute atomic E-state index is 0.0125. The molecule has 0 heterocycles. The van der Waals surface area contributed by atoms with Gasteiger partial charge in [0, 0.05) is 52.1 Å². The van der Waals surface area contributed by atoms with Gasteiger partial charge in [-0.3, -0.25) is 9.59 Å². The van der Waals surface area contributed by atoms with Gasteiger partial charge in [-0.05, 0) is 38.9 Å². The van der Waals surface area contributed by atoms with Crippen LogP contribution in [0.25, 0.3) is 0 Å². The van der Waals surface area contributed by atoms with Gasteiger partial charge < -0.3 is 42.4 Å². The van der Waals surface area contributed by atoms with Crippen LogP contribution < -0.4 is 37.6 Å². The van der Waals surface area contributed by atoms with Gasteiger partial charge in [-0.2, -0.15) is 0 Å². The van der Waals surface area contributed by atoms with Gasteiger partial charge in [0.1, 0.15) is 0 Å². The first-order valence-electron chi connectivity index (χ1n) is 11.3. The number of nitrogens with one attached hydrogen (secondary N) is 6. The van der Waals surface area contributed by atoms with E-state index in [0.29, 0.717) is 65.3 Å². The predicted molar refractivity (Wildman–Crippen MR) is 122 cm³/mol. The molecule has 0 atom stereocenters. The Kier molecular flexibility index (Phi) is 21.3. The highest BCUT2D eigenvalue weighted by Gasteiger charge is 2.02. The zero-order valence-corrected chi connectivity index (χ0v) is 19.0. The van der Waals surface area contributed by atoms with Crippen molar-refractivity contribution in [3.63, 3.8) is 0 Å². The van der Waals surface area contributed by atoms with Crippen LogP contribution >= 0.6 is 0 Å². The summed E-state index contributed by atoms with van der Waals surface area (Å²) in [7, 11) is 0. The Morgan fingerprint density at radius 2 is 1.32 bits per heavy atom. The van der Waals surface area contributed by atoms with E-state index in [-0.39, 0.29) is 24.3 Å². The number of carbonyl (C=O) groups is 3. The Labute approximate surface area is 186 Å². The SMILES string of the molecule is CCNCCCCNCCC(=O)NCCCNC(=O)NCCOCCC(=O)NCCN. The second kappa shape index (κ2) is 22.7. The number of rotatable bonds is 21. The molecule has 0 aromatic rings. The first kappa shape index (κ1) is 29.1. The van der Waals surface area contributed by atoms with E-state index in [1.54, 1.807) is 0 Å². The van der Waals surface area contributed by atoms with Crippen LogP contribution in [0.15, 0.2) is 0 Å². The highest BCUT2D eigenvalue weighted by atomic mass is 16.5. The number of carbonyl (C=O) groups excluding carboxylic acids is 3. The van der Waals surface area contributed by atoms with Crippen molar-refractivity contribution in [2.75, 3.05) is 72.1 Å². The number of hydrogen-bond acceptors (Lipinski definition) is 7. The summed E-state index contributed by atoms with van der Waals surface area (Å²) < 4.78 is 5.28. The van der Waals surface area contributed by atoms with Gasteiger partial charge in [-0.25, -0.2) is 4.79 Å². The summed E-state index contributed by atoms with van der Waals surface area (Å²) in [6.45, 7) is 8.58. The van der Waals surface area contributed by atoms with Gasteiger partial charge in [-0.1, -0.05) is 6.92 Å². The molecule has 0 aromatic carbocycles. The largest absolute Gasteiger partial charge is 0.379 e. The van der Waals surface area contributed by atoms with Gasteiger partial charge >= 0.3 is 6.03 Å². The Balaban J connectivity index is 3.36. The zero-order valence-electron chi connectivity index (χ0n) is 19.0. The Morgan fingerprint density at radius 3 is 2.06 bits per heavy atom. The van der Waals surface area contributed by atoms with Crippen LogP contribution in [0.3, 0.4) is 0 Å². The van der Waals surface area contributed by atoms with Gasteiger partial charge in [0.25, 0.3) is 0 Å². The van der Waals surface area contributed by atoms with Gasteiger partial charge in [0.2, 0.25) is 11.8 Å². The maximum absolute atomic E-state index is 11.7. The highest BCUT2D eigenvalue weighted by Crippen LogP contribution is 1.86. The van der Waals surface area contributed by atoms with E-state index < -0.39 is 0 Å². The molecule has 31 heavy (non-hydrogen) atoms. The van der Waals surface area contributed by atoms with Crippen LogP contribution in [0, 0.1) is 0 Å². The molecule has 11 nitrogen and oxygen atoms in total. The summed E-state index contributed by atoms with van der Waals surface area (Å²) in [6, 6.07) is -0.283. The average molecular weight is 446 g/mol. The molecule has 0 aliphatic heterocycles. The van der Waals surface area contributed by atoms with Crippen molar-refractivity contribution in [2.24, 2.45) is 5.73 Å². The molecule has 0 aromatic heterocycles. The summed E-state index contributed by atoms with van der Waals surface area (Å²) in [5.41, 5.74) is 5.29. The number of unbranched alkanes of at least 4 members (excludes halogenated alkanes) is 1. The van der Waals surface area contributed by atoms with E-state index in [1.165, 1.54) is 0 Å². The van der Waals surface area contributed by atoms with Crippen molar-refractivity contribution in [3.8, 4) is 0 Å². The summed E-state index contributed by atoms with van der Waals surface area (Å²) >= 11 is 0. The molecule has 0 saturated heterocycles. The van der Waals surface area contributed by atoms with Crippen molar-refractivity contribution >= 4 is 17.8 Å². The number of amides is 4. The number of ether oxygens (including phenoxy) is 1. The second-order valence-electron chi connectivity index (χ2n) is 6.95. The van der Waals surface area contributed by atoms with Crippen LogP contribution in [-0.4, -0.2) is 90.0 Å². The van der Waals surface area contributed by atoms with Crippen LogP contribution in [0.2, 0.25) is 0 Å². The molecule has 0 bridgehead atoms. The number of urea groups is 1. The van der Waals surface area contributed by atoms with E-state index in [2.05, 4.69) is 38.8 Å². The van der Waals surface area contributed by atoms with E-state index in [1.807, 2.05) is 0 Å². The van der Waals surface area contributed by atoms with Crippen molar-refractivity contribution in [3.05, 3.63) is 0 Å². The predicted octanol–water partition coefficient (Wildman–Crippen LogP) is -1.36. The Bertz CT molecular complexity index is 467. The Morgan fingerprint density at radius 1 is 0.677 bits per heavy atom. The quantitative estimate of drug-likeness (QED) is 0.108. The molecule has 0 unspecified atom stereocenters. The van der Waals surface area contributed by atoms with E-state index in [9.17, 15) is 14.4 Å². The topological polar surface area (TPSA) is 159 Å². The van der Waals surface area contributed by atoms with Crippen LogP contribution in [-0.2, 0) is 14.3 Å². The number of hydrogen-bond donors (Lipinski definition) is 7. The normalized spacial score (nSPS) is 10.5. The van der Waals surface area contributed by atoms with E-state index in [4.69, 9.17) is 10.5 Å². The zero-order chi connectivity index (χ0) is 23.0. The lowest BCUT2D eigenvalue weighted by molar-refractivity contribution is -0.122. The smallest absolute Gasteiger partial charge is 0.314 e. The standard InChI is InChI=1S/C20H43N7O4/c1-2-22-9-3-4-10-23-13-6-18(28)24-11-5-12-26-20(30)27-15-17-31-16-7-19(29)25-14-8-21/h22-23H,2-17,21H2,1H3,(H,24,28)(H,25,29)(H2,26,27,30). The van der Waals surface area contributed by atoms with E-state index >= 15 is 0 Å². The molecule has 0 fully saturated rings. The third kappa shape index (κ3) is 22.6. The molecule has 0 aliphatic rings. The van der Waals surface area contributed by atoms with Crippen molar-refractivity contribution in [2.45, 2.75) is 39.0 Å². The van der Waals surface area contributed by atoms with Crippen LogP contribution in [0.1, 0.15) is 39.0 Å². The maximum Gasteiger partial charge on any atom is 0.314 e. The molecule has 182 valence electrons. The van der Waals surface area contributed by atoms with Gasteiger partial charge in [0.15, 0.2) is 0 Å². The minimum atomic E-state index is -0.283. The van der Waals surface area contributed by atoms with Gasteiger partial charge in [0.05, 0.1) is 13.2 Å². The molecular formula is C20H43N7O4. The monoisotopic (exact) mass is 445 g/mol. The molecule has 0 saturated carbocycles. The fourth-order valence-corrected chi connectivity index (χ4v) is 2.48. The average Bonchev–Trinajstić information content (AvgIpc) is 2.76. The highest BCUT2D eigenvalue weighted by molar-refractivity contribution is 5.76. The van der Waals surface area contributed by atoms with Crippen LogP contribution in [0.5, 0.6) is 0 Å². The third-order valence-corrected chi connectivity index (χ3v) is 4.17. The molecule has 0 radical (unpaired) electrons. The molecular weight excluding hydrogens is 402 g/mol. The molecule has 0 rings (SSSR count). The van der Waals surface area contributed by atoms with Crippen molar-refractivity contribution < 1.29 is 19.1 Å².